The van der Waals surface area contributed by atoms with E-state index in [2.05, 4.69) is 15.0 Å². The van der Waals surface area contributed by atoms with Gasteiger partial charge in [0.05, 0.1) is 13.3 Å². The number of carbonyl (C=O) groups is 1. The highest BCUT2D eigenvalue weighted by atomic mass is 32.1. The molecule has 0 aliphatic carbocycles. The molecular weight excluding hydrogens is 262 g/mol. The van der Waals surface area contributed by atoms with Crippen molar-refractivity contribution in [1.29, 1.82) is 0 Å². The lowest BCUT2D eigenvalue weighted by atomic mass is 10.3. The fraction of sp³-hybridized carbons (Fsp3) is 0.0909. The molecule has 1 N–H and O–H groups in total. The third-order valence-corrected chi connectivity index (χ3v) is 2.90. The van der Waals surface area contributed by atoms with Crippen LogP contribution in [-0.2, 0) is 4.74 Å². The molecule has 0 saturated heterocycles. The van der Waals surface area contributed by atoms with Crippen molar-refractivity contribution in [3.8, 4) is 0 Å². The predicted octanol–water partition coefficient (Wildman–Crippen LogP) is 2.95. The van der Waals surface area contributed by atoms with E-state index in [1.165, 1.54) is 13.3 Å². The second-order valence-electron chi connectivity index (χ2n) is 3.30. The molecule has 0 aliphatic rings. The van der Waals surface area contributed by atoms with Gasteiger partial charge in [-0.15, -0.1) is 0 Å². The average Bonchev–Trinajstić information content (AvgIpc) is 2.75. The summed E-state index contributed by atoms with van der Waals surface area (Å²) >= 11 is 1.03. The molecule has 4 nitrogen and oxygen atoms in total. The lowest BCUT2D eigenvalue weighted by molar-refractivity contribution is 0.0606. The van der Waals surface area contributed by atoms with Gasteiger partial charge in [0.2, 0.25) is 0 Å². The van der Waals surface area contributed by atoms with Gasteiger partial charge in [-0.2, -0.15) is 0 Å². The number of nitrogens with one attached hydrogen (secondary N) is 1. The van der Waals surface area contributed by atoms with Crippen LogP contribution in [0, 0.1) is 11.6 Å². The van der Waals surface area contributed by atoms with Gasteiger partial charge in [0.25, 0.3) is 0 Å². The second-order valence-corrected chi connectivity index (χ2v) is 4.34. The van der Waals surface area contributed by atoms with Crippen LogP contribution >= 0.6 is 11.3 Å². The van der Waals surface area contributed by atoms with Gasteiger partial charge in [-0.25, -0.2) is 18.6 Å². The zero-order valence-corrected chi connectivity index (χ0v) is 10.1. The minimum absolute atomic E-state index is 0.221. The lowest BCUT2D eigenvalue weighted by Gasteiger charge is -2.02. The summed E-state index contributed by atoms with van der Waals surface area (Å²) in [6, 6.07) is 3.03. The molecule has 0 fully saturated rings. The third kappa shape index (κ3) is 2.80. The molecule has 0 aliphatic heterocycles. The summed E-state index contributed by atoms with van der Waals surface area (Å²) in [6.45, 7) is 0. The highest BCUT2D eigenvalue weighted by molar-refractivity contribution is 7.17. The maximum absolute atomic E-state index is 12.9. The maximum Gasteiger partial charge on any atom is 0.349 e. The summed E-state index contributed by atoms with van der Waals surface area (Å²) in [5, 5.41) is 3.05. The van der Waals surface area contributed by atoms with Gasteiger partial charge in [0.15, 0.2) is 5.13 Å². The number of benzene rings is 1. The summed E-state index contributed by atoms with van der Waals surface area (Å²) in [6.07, 6.45) is 1.33. The molecule has 0 radical (unpaired) electrons. The average molecular weight is 270 g/mol. The maximum atomic E-state index is 12.9. The van der Waals surface area contributed by atoms with Crippen LogP contribution in [0.5, 0.6) is 0 Å². The molecule has 0 bridgehead atoms. The Morgan fingerprint density at radius 1 is 1.33 bits per heavy atom. The first-order valence-corrected chi connectivity index (χ1v) is 5.67. The Hall–Kier alpha value is -2.02. The van der Waals surface area contributed by atoms with E-state index in [0.717, 1.165) is 29.5 Å². The van der Waals surface area contributed by atoms with Crippen molar-refractivity contribution < 1.29 is 18.3 Å². The molecule has 0 atom stereocenters. The summed E-state index contributed by atoms with van der Waals surface area (Å²) in [7, 11) is 1.26. The fourth-order valence-corrected chi connectivity index (χ4v) is 2.03. The Balaban J connectivity index is 2.18. The van der Waals surface area contributed by atoms with E-state index < -0.39 is 17.6 Å². The molecule has 1 heterocycles. The summed E-state index contributed by atoms with van der Waals surface area (Å²) in [4.78, 5) is 15.4. The lowest BCUT2D eigenvalue weighted by Crippen LogP contribution is -1.96. The molecule has 18 heavy (non-hydrogen) atoms. The van der Waals surface area contributed by atoms with Crippen molar-refractivity contribution in [2.24, 2.45) is 0 Å². The van der Waals surface area contributed by atoms with Gasteiger partial charge in [-0.3, -0.25) is 0 Å². The number of anilines is 2. The first-order chi connectivity index (χ1) is 8.58. The number of aromatic nitrogens is 1. The van der Waals surface area contributed by atoms with Gasteiger partial charge >= 0.3 is 5.97 Å². The molecule has 1 aromatic carbocycles. The molecule has 0 saturated carbocycles. The first kappa shape index (κ1) is 12.4. The van der Waals surface area contributed by atoms with Gasteiger partial charge < -0.3 is 10.1 Å². The normalized spacial score (nSPS) is 10.2. The van der Waals surface area contributed by atoms with Gasteiger partial charge in [-0.05, 0) is 12.1 Å². The number of hydrogen-bond donors (Lipinski definition) is 1. The molecule has 0 amide bonds. The van der Waals surface area contributed by atoms with Crippen molar-refractivity contribution in [2.45, 2.75) is 0 Å². The van der Waals surface area contributed by atoms with Crippen LogP contribution in [0.1, 0.15) is 9.67 Å². The largest absolute Gasteiger partial charge is 0.465 e. The topological polar surface area (TPSA) is 51.2 Å². The standard InChI is InChI=1S/C11H8F2N2O2S/c1-17-10(16)9-5-14-11(18-9)15-8-3-6(12)2-7(13)4-8/h2-5H,1H3,(H,14,15). The number of hydrogen-bond acceptors (Lipinski definition) is 5. The van der Waals surface area contributed by atoms with Gasteiger partial charge in [0, 0.05) is 11.8 Å². The smallest absolute Gasteiger partial charge is 0.349 e. The van der Waals surface area contributed by atoms with Crippen LogP contribution in [0.4, 0.5) is 19.6 Å². The van der Waals surface area contributed by atoms with E-state index in [-0.39, 0.29) is 5.69 Å². The number of carbonyl (C=O) groups excluding carboxylic acids is 1. The number of rotatable bonds is 3. The summed E-state index contributed by atoms with van der Waals surface area (Å²) in [5.74, 6) is -1.89. The molecule has 0 spiro atoms. The summed E-state index contributed by atoms with van der Waals surface area (Å²) < 4.78 is 30.4. The predicted molar refractivity (Wildman–Crippen MR) is 63.1 cm³/mol. The number of halogens is 2. The van der Waals surface area contributed by atoms with Crippen LogP contribution in [0.3, 0.4) is 0 Å². The van der Waals surface area contributed by atoms with Crippen LogP contribution < -0.4 is 5.32 Å². The van der Waals surface area contributed by atoms with Crippen molar-refractivity contribution >= 4 is 28.1 Å². The van der Waals surface area contributed by atoms with E-state index >= 15 is 0 Å². The fourth-order valence-electron chi connectivity index (χ4n) is 1.28. The van der Waals surface area contributed by atoms with E-state index in [0.29, 0.717) is 10.0 Å². The Morgan fingerprint density at radius 2 is 2.00 bits per heavy atom. The quantitative estimate of drug-likeness (QED) is 0.871. The molecular formula is C11H8F2N2O2S. The molecule has 1 aromatic heterocycles. The van der Waals surface area contributed by atoms with E-state index in [4.69, 9.17) is 0 Å². The van der Waals surface area contributed by atoms with Crippen LogP contribution in [-0.4, -0.2) is 18.1 Å². The Kier molecular flexibility index (Phi) is 3.52. The van der Waals surface area contributed by atoms with Crippen molar-refractivity contribution in [2.75, 3.05) is 12.4 Å². The number of esters is 1. The molecule has 0 unspecified atom stereocenters. The van der Waals surface area contributed by atoms with E-state index in [9.17, 15) is 13.6 Å². The number of methoxy groups -OCH3 is 1. The first-order valence-electron chi connectivity index (χ1n) is 4.86. The number of nitrogens with zero attached hydrogens (tertiary/aromatic N) is 1. The van der Waals surface area contributed by atoms with Crippen molar-refractivity contribution in [1.82, 2.24) is 4.98 Å². The summed E-state index contributed by atoms with van der Waals surface area (Å²) in [5.41, 5.74) is 0.221. The van der Waals surface area contributed by atoms with Crippen LogP contribution in [0.2, 0.25) is 0 Å². The van der Waals surface area contributed by atoms with Crippen LogP contribution in [0.25, 0.3) is 0 Å². The van der Waals surface area contributed by atoms with Crippen molar-refractivity contribution in [3.05, 3.63) is 40.9 Å². The Labute approximate surface area is 105 Å². The van der Waals surface area contributed by atoms with E-state index in [1.807, 2.05) is 0 Å². The highest BCUT2D eigenvalue weighted by Crippen LogP contribution is 2.24. The highest BCUT2D eigenvalue weighted by Gasteiger charge is 2.11. The van der Waals surface area contributed by atoms with Crippen molar-refractivity contribution in [3.63, 3.8) is 0 Å². The number of ether oxygens (including phenoxy) is 1. The monoisotopic (exact) mass is 270 g/mol. The minimum atomic E-state index is -0.692. The zero-order chi connectivity index (χ0) is 13.1. The van der Waals surface area contributed by atoms with Crippen LogP contribution in [0.15, 0.2) is 24.4 Å². The molecule has 2 rings (SSSR count). The van der Waals surface area contributed by atoms with Gasteiger partial charge in [0.1, 0.15) is 16.5 Å². The molecule has 94 valence electrons. The molecule has 2 aromatic rings. The Bertz CT molecular complexity index is 566. The molecule has 7 heteroatoms. The van der Waals surface area contributed by atoms with E-state index in [1.54, 1.807) is 0 Å². The third-order valence-electron chi connectivity index (χ3n) is 2.01. The minimum Gasteiger partial charge on any atom is -0.465 e. The SMILES string of the molecule is COC(=O)c1cnc(Nc2cc(F)cc(F)c2)s1. The second kappa shape index (κ2) is 5.09. The zero-order valence-electron chi connectivity index (χ0n) is 9.24. The van der Waals surface area contributed by atoms with Gasteiger partial charge in [-0.1, -0.05) is 11.3 Å². The Morgan fingerprint density at radius 3 is 2.61 bits per heavy atom. The number of thiazole rings is 1.